The van der Waals surface area contributed by atoms with Gasteiger partial charge in [-0.2, -0.15) is 0 Å². The lowest BCUT2D eigenvalue weighted by Crippen LogP contribution is -2.45. The summed E-state index contributed by atoms with van der Waals surface area (Å²) in [7, 11) is 1.54. The average Bonchev–Trinajstić information content (AvgIpc) is 2.66. The normalized spacial score (nSPS) is 11.0. The number of carbonyl (C=O) groups excluding carboxylic acids is 2. The van der Waals surface area contributed by atoms with Gasteiger partial charge in [0.2, 0.25) is 11.8 Å². The first kappa shape index (κ1) is 20.3. The van der Waals surface area contributed by atoms with E-state index >= 15 is 0 Å². The Bertz CT molecular complexity index is 852. The molecule has 0 unspecified atom stereocenters. The topological polar surface area (TPSA) is 67.4 Å². The number of nitrogens with one attached hydrogen (secondary N) is 2. The van der Waals surface area contributed by atoms with Gasteiger partial charge in [0, 0.05) is 6.54 Å². The van der Waals surface area contributed by atoms with Gasteiger partial charge in [-0.3, -0.25) is 9.59 Å². The van der Waals surface area contributed by atoms with Crippen LogP contribution >= 0.6 is 0 Å². The molecule has 2 aromatic rings. The molecule has 2 amide bonds. The summed E-state index contributed by atoms with van der Waals surface area (Å²) in [5.74, 6) is -5.41. The van der Waals surface area contributed by atoms with E-state index in [1.54, 1.807) is 24.3 Å². The molecule has 0 saturated heterocycles. The van der Waals surface area contributed by atoms with Gasteiger partial charge in [-0.05, 0) is 43.7 Å². The summed E-state index contributed by atoms with van der Waals surface area (Å²) < 4.78 is 45.0. The second-order valence-corrected chi connectivity index (χ2v) is 6.33. The fourth-order valence-corrected chi connectivity index (χ4v) is 2.15. The van der Waals surface area contributed by atoms with Gasteiger partial charge in [0.1, 0.15) is 11.2 Å². The summed E-state index contributed by atoms with van der Waals surface area (Å²) in [6, 6.07) is 8.53. The summed E-state index contributed by atoms with van der Waals surface area (Å²) in [6.07, 6.45) is 0. The predicted molar refractivity (Wildman–Crippen MR) is 93.6 cm³/mol. The number of methoxy groups -OCH3 is 1. The number of amides is 2. The van der Waals surface area contributed by atoms with Crippen molar-refractivity contribution in [1.29, 1.82) is 0 Å². The van der Waals surface area contributed by atoms with Gasteiger partial charge in [0.05, 0.1) is 12.8 Å². The summed E-state index contributed by atoms with van der Waals surface area (Å²) >= 11 is 0. The molecule has 0 bridgehead atoms. The summed E-state index contributed by atoms with van der Waals surface area (Å²) in [4.78, 5) is 24.7. The van der Waals surface area contributed by atoms with Gasteiger partial charge >= 0.3 is 0 Å². The Hall–Kier alpha value is -3.03. The maximum absolute atomic E-state index is 13.7. The van der Waals surface area contributed by atoms with E-state index < -0.39 is 40.4 Å². The molecule has 0 aliphatic rings. The monoisotopic (exact) mass is 380 g/mol. The van der Waals surface area contributed by atoms with Crippen molar-refractivity contribution >= 4 is 17.5 Å². The SMILES string of the molecule is COc1ccc(CNC(=O)C(C)(C)C(=O)Nc2ccc(F)c(F)c2F)cc1. The number of halogens is 3. The lowest BCUT2D eigenvalue weighted by molar-refractivity contribution is -0.138. The third-order valence-corrected chi connectivity index (χ3v) is 4.03. The zero-order chi connectivity index (χ0) is 20.2. The minimum Gasteiger partial charge on any atom is -0.497 e. The molecule has 2 N–H and O–H groups in total. The summed E-state index contributed by atoms with van der Waals surface area (Å²) in [6.45, 7) is 2.84. The molecule has 2 rings (SSSR count). The van der Waals surface area contributed by atoms with Crippen LogP contribution in [0.25, 0.3) is 0 Å². The van der Waals surface area contributed by atoms with Crippen LogP contribution < -0.4 is 15.4 Å². The lowest BCUT2D eigenvalue weighted by atomic mass is 9.90. The van der Waals surface area contributed by atoms with Gasteiger partial charge < -0.3 is 15.4 Å². The molecule has 144 valence electrons. The highest BCUT2D eigenvalue weighted by molar-refractivity contribution is 6.09. The Balaban J connectivity index is 2.03. The van der Waals surface area contributed by atoms with Crippen molar-refractivity contribution in [3.05, 3.63) is 59.4 Å². The second-order valence-electron chi connectivity index (χ2n) is 6.33. The molecule has 2 aromatic carbocycles. The highest BCUT2D eigenvalue weighted by Crippen LogP contribution is 2.24. The molecular formula is C19H19F3N2O3. The van der Waals surface area contributed by atoms with Crippen molar-refractivity contribution in [2.75, 3.05) is 12.4 Å². The molecule has 5 nitrogen and oxygen atoms in total. The zero-order valence-corrected chi connectivity index (χ0v) is 15.0. The fourth-order valence-electron chi connectivity index (χ4n) is 2.15. The Morgan fingerprint density at radius 1 is 0.963 bits per heavy atom. The largest absolute Gasteiger partial charge is 0.497 e. The molecule has 0 heterocycles. The van der Waals surface area contributed by atoms with Gasteiger partial charge in [-0.15, -0.1) is 0 Å². The minimum atomic E-state index is -1.70. The number of carbonyl (C=O) groups is 2. The van der Waals surface area contributed by atoms with Crippen molar-refractivity contribution < 1.29 is 27.5 Å². The number of hydrogen-bond acceptors (Lipinski definition) is 3. The maximum atomic E-state index is 13.7. The van der Waals surface area contributed by atoms with Gasteiger partial charge in [0.15, 0.2) is 17.5 Å². The number of hydrogen-bond donors (Lipinski definition) is 2. The lowest BCUT2D eigenvalue weighted by Gasteiger charge is -2.23. The van der Waals surface area contributed by atoms with E-state index in [1.807, 2.05) is 0 Å². The molecule has 0 radical (unpaired) electrons. The average molecular weight is 380 g/mol. The van der Waals surface area contributed by atoms with Gasteiger partial charge in [0.25, 0.3) is 0 Å². The van der Waals surface area contributed by atoms with Crippen LogP contribution in [0.3, 0.4) is 0 Å². The molecule has 0 atom stereocenters. The van der Waals surface area contributed by atoms with Crippen LogP contribution in [0.1, 0.15) is 19.4 Å². The van der Waals surface area contributed by atoms with Crippen LogP contribution in [-0.2, 0) is 16.1 Å². The molecule has 0 aliphatic carbocycles. The molecule has 0 spiro atoms. The minimum absolute atomic E-state index is 0.166. The van der Waals surface area contributed by atoms with Gasteiger partial charge in [-0.25, -0.2) is 13.2 Å². The molecular weight excluding hydrogens is 361 g/mol. The molecule has 0 aromatic heterocycles. The number of anilines is 1. The third kappa shape index (κ3) is 4.58. The van der Waals surface area contributed by atoms with Crippen LogP contribution in [0.5, 0.6) is 5.75 Å². The van der Waals surface area contributed by atoms with E-state index in [9.17, 15) is 22.8 Å². The Morgan fingerprint density at radius 2 is 1.59 bits per heavy atom. The van der Waals surface area contributed by atoms with Crippen LogP contribution in [0.15, 0.2) is 36.4 Å². The van der Waals surface area contributed by atoms with E-state index in [-0.39, 0.29) is 6.54 Å². The first-order valence-electron chi connectivity index (χ1n) is 8.03. The molecule has 27 heavy (non-hydrogen) atoms. The van der Waals surface area contributed by atoms with Crippen LogP contribution in [-0.4, -0.2) is 18.9 Å². The number of ether oxygens (including phenoxy) is 1. The molecule has 8 heteroatoms. The van der Waals surface area contributed by atoms with Crippen molar-refractivity contribution in [3.63, 3.8) is 0 Å². The standard InChI is InChI=1S/C19H19F3N2O3/c1-19(2,17(25)23-10-11-4-6-12(27-3)7-5-11)18(26)24-14-9-8-13(20)15(21)16(14)22/h4-9H,10H2,1-3H3,(H,23,25)(H,24,26). The van der Waals surface area contributed by atoms with Crippen molar-refractivity contribution in [1.82, 2.24) is 5.32 Å². The third-order valence-electron chi connectivity index (χ3n) is 4.03. The van der Waals surface area contributed by atoms with Crippen molar-refractivity contribution in [2.24, 2.45) is 5.41 Å². The Kier molecular flexibility index (Phi) is 6.09. The van der Waals surface area contributed by atoms with Crippen molar-refractivity contribution in [2.45, 2.75) is 20.4 Å². The van der Waals surface area contributed by atoms with Gasteiger partial charge in [-0.1, -0.05) is 12.1 Å². The van der Waals surface area contributed by atoms with E-state index in [0.29, 0.717) is 11.8 Å². The second kappa shape index (κ2) is 8.11. The quantitative estimate of drug-likeness (QED) is 0.596. The van der Waals surface area contributed by atoms with Crippen molar-refractivity contribution in [3.8, 4) is 5.75 Å². The predicted octanol–water partition coefficient (Wildman–Crippen LogP) is 3.39. The first-order valence-corrected chi connectivity index (χ1v) is 8.03. The van der Waals surface area contributed by atoms with Crippen LogP contribution in [0, 0.1) is 22.9 Å². The Labute approximate surface area is 154 Å². The highest BCUT2D eigenvalue weighted by Gasteiger charge is 2.36. The number of benzene rings is 2. The molecule has 0 aliphatic heterocycles. The summed E-state index contributed by atoms with van der Waals surface area (Å²) in [5.41, 5.74) is -1.34. The summed E-state index contributed by atoms with van der Waals surface area (Å²) in [5, 5.41) is 4.72. The van der Waals surface area contributed by atoms with E-state index in [0.717, 1.165) is 11.6 Å². The number of rotatable bonds is 6. The van der Waals surface area contributed by atoms with E-state index in [4.69, 9.17) is 4.74 Å². The van der Waals surface area contributed by atoms with Crippen LogP contribution in [0.4, 0.5) is 18.9 Å². The maximum Gasteiger partial charge on any atom is 0.239 e. The smallest absolute Gasteiger partial charge is 0.239 e. The molecule has 0 saturated carbocycles. The van der Waals surface area contributed by atoms with E-state index in [1.165, 1.54) is 21.0 Å². The molecule has 0 fully saturated rings. The van der Waals surface area contributed by atoms with E-state index in [2.05, 4.69) is 10.6 Å². The fraction of sp³-hybridized carbons (Fsp3) is 0.263. The highest BCUT2D eigenvalue weighted by atomic mass is 19.2. The Morgan fingerprint density at radius 3 is 2.19 bits per heavy atom. The van der Waals surface area contributed by atoms with Crippen LogP contribution in [0.2, 0.25) is 0 Å². The first-order chi connectivity index (χ1) is 12.7. The zero-order valence-electron chi connectivity index (χ0n) is 15.0.